The van der Waals surface area contributed by atoms with E-state index < -0.39 is 5.91 Å². The number of hydrogen-bond donors (Lipinski definition) is 3. The number of nitrogens with two attached hydrogens (primary N) is 1. The second-order valence-electron chi connectivity index (χ2n) is 10.2. The van der Waals surface area contributed by atoms with Gasteiger partial charge < -0.3 is 36.0 Å². The van der Waals surface area contributed by atoms with Crippen LogP contribution in [-0.2, 0) is 9.59 Å². The summed E-state index contributed by atoms with van der Waals surface area (Å²) < 4.78 is 0. The van der Waals surface area contributed by atoms with Crippen molar-refractivity contribution in [2.24, 2.45) is 5.73 Å². The lowest BCUT2D eigenvalue weighted by atomic mass is 10.2. The van der Waals surface area contributed by atoms with Crippen molar-refractivity contribution in [3.8, 4) is 0 Å². The highest BCUT2D eigenvalue weighted by molar-refractivity contribution is 5.98. The first-order valence-corrected chi connectivity index (χ1v) is 13.7. The number of benzene rings is 2. The molecule has 0 atom stereocenters. The Morgan fingerprint density at radius 2 is 1.12 bits per heavy atom. The van der Waals surface area contributed by atoms with E-state index in [4.69, 9.17) is 5.73 Å². The number of hydrogen-bond acceptors (Lipinski definition) is 9. The molecule has 2 saturated heterocycles. The Kier molecular flexibility index (Phi) is 8.18. The van der Waals surface area contributed by atoms with Crippen molar-refractivity contribution in [1.82, 2.24) is 19.8 Å². The van der Waals surface area contributed by atoms with Gasteiger partial charge in [-0.3, -0.25) is 14.4 Å². The van der Waals surface area contributed by atoms with Gasteiger partial charge in [-0.1, -0.05) is 0 Å². The first kappa shape index (κ1) is 27.7. The lowest BCUT2D eigenvalue weighted by Crippen LogP contribution is -2.48. The summed E-state index contributed by atoms with van der Waals surface area (Å²) in [6, 6.07) is 15.8. The minimum absolute atomic E-state index is 0.103. The van der Waals surface area contributed by atoms with E-state index in [1.54, 1.807) is 13.8 Å². The maximum absolute atomic E-state index is 12.1. The molecule has 5 rings (SSSR count). The van der Waals surface area contributed by atoms with Gasteiger partial charge >= 0.3 is 0 Å². The van der Waals surface area contributed by atoms with Crippen LogP contribution in [0.25, 0.3) is 0 Å². The molecular formula is C29H35N9O3. The Hall–Kier alpha value is -4.87. The number of carbonyl (C=O) groups is 3. The van der Waals surface area contributed by atoms with Gasteiger partial charge in [-0.15, -0.1) is 0 Å². The summed E-state index contributed by atoms with van der Waals surface area (Å²) in [5.74, 6) is 0.204. The van der Waals surface area contributed by atoms with Gasteiger partial charge in [0.1, 0.15) is 11.4 Å². The molecule has 3 aromatic rings. The minimum Gasteiger partial charge on any atom is -0.368 e. The first-order valence-electron chi connectivity index (χ1n) is 13.7. The van der Waals surface area contributed by atoms with Crippen LogP contribution in [0, 0.1) is 0 Å². The number of carbonyl (C=O) groups excluding carboxylic acids is 3. The number of nitrogens with one attached hydrogen (secondary N) is 2. The molecule has 0 unspecified atom stereocenters. The van der Waals surface area contributed by atoms with Crippen LogP contribution in [-0.4, -0.2) is 89.8 Å². The zero-order valence-electron chi connectivity index (χ0n) is 23.3. The number of nitrogens with zero attached hydrogens (tertiary/aromatic N) is 6. The van der Waals surface area contributed by atoms with Gasteiger partial charge in [-0.05, 0) is 48.5 Å². The summed E-state index contributed by atoms with van der Waals surface area (Å²) in [6.45, 7) is 9.16. The largest absolute Gasteiger partial charge is 0.368 e. The van der Waals surface area contributed by atoms with Crippen molar-refractivity contribution in [2.75, 3.05) is 72.8 Å². The van der Waals surface area contributed by atoms with Gasteiger partial charge in [-0.2, -0.15) is 4.98 Å². The molecule has 1 aromatic heterocycles. The summed E-state index contributed by atoms with van der Waals surface area (Å²) in [5, 5.41) is 6.39. The van der Waals surface area contributed by atoms with Crippen LogP contribution in [0.2, 0.25) is 0 Å². The number of amides is 3. The number of anilines is 6. The molecule has 41 heavy (non-hydrogen) atoms. The molecule has 0 radical (unpaired) electrons. The molecule has 12 heteroatoms. The Morgan fingerprint density at radius 3 is 1.54 bits per heavy atom. The number of aromatic nitrogens is 2. The lowest BCUT2D eigenvalue weighted by molar-refractivity contribution is -0.129. The van der Waals surface area contributed by atoms with Crippen molar-refractivity contribution in [3.05, 3.63) is 60.3 Å². The molecular weight excluding hydrogens is 522 g/mol. The molecule has 0 aliphatic carbocycles. The molecule has 4 N–H and O–H groups in total. The predicted octanol–water partition coefficient (Wildman–Crippen LogP) is 2.40. The summed E-state index contributed by atoms with van der Waals surface area (Å²) in [5.41, 5.74) is 9.46. The van der Waals surface area contributed by atoms with E-state index >= 15 is 0 Å². The van der Waals surface area contributed by atoms with Crippen LogP contribution in [0.15, 0.2) is 54.7 Å². The fraction of sp³-hybridized carbons (Fsp3) is 0.345. The van der Waals surface area contributed by atoms with Gasteiger partial charge in [0, 0.05) is 95.2 Å². The quantitative estimate of drug-likeness (QED) is 0.399. The summed E-state index contributed by atoms with van der Waals surface area (Å²) in [7, 11) is 0. The van der Waals surface area contributed by atoms with E-state index in [0.717, 1.165) is 48.9 Å². The van der Waals surface area contributed by atoms with Gasteiger partial charge in [-0.25, -0.2) is 4.98 Å². The Morgan fingerprint density at radius 1 is 0.683 bits per heavy atom. The summed E-state index contributed by atoms with van der Waals surface area (Å²) in [6.07, 6.45) is 1.41. The van der Waals surface area contributed by atoms with Crippen molar-refractivity contribution < 1.29 is 14.4 Å². The number of piperazine rings is 2. The third-order valence-corrected chi connectivity index (χ3v) is 7.49. The smallest absolute Gasteiger partial charge is 0.254 e. The van der Waals surface area contributed by atoms with Gasteiger partial charge in [0.25, 0.3) is 5.91 Å². The standard InChI is InChI=1S/C29H35N9O3/c1-20(39)35-11-15-37(16-12-35)24-7-3-22(4-8-24)32-28-26(27(30)41)19-31-29(34-28)33-23-5-9-25(10-6-23)38-17-13-36(14-18-38)21(2)40/h3-10,19H,11-18H2,1-2H3,(H2,30,41)(H2,31,32,33,34). The van der Waals surface area contributed by atoms with Crippen LogP contribution < -0.4 is 26.2 Å². The highest BCUT2D eigenvalue weighted by atomic mass is 16.2. The topological polar surface area (TPSA) is 140 Å². The van der Waals surface area contributed by atoms with Crippen molar-refractivity contribution in [3.63, 3.8) is 0 Å². The molecule has 0 saturated carbocycles. The molecule has 3 amide bonds. The maximum Gasteiger partial charge on any atom is 0.254 e. The molecule has 2 aliphatic rings. The van der Waals surface area contributed by atoms with Crippen LogP contribution in [0.1, 0.15) is 24.2 Å². The van der Waals surface area contributed by atoms with Gasteiger partial charge in [0.2, 0.25) is 17.8 Å². The fourth-order valence-corrected chi connectivity index (χ4v) is 5.05. The third kappa shape index (κ3) is 6.65. The van der Waals surface area contributed by atoms with Crippen LogP contribution in [0.3, 0.4) is 0 Å². The summed E-state index contributed by atoms with van der Waals surface area (Å²) >= 11 is 0. The van der Waals surface area contributed by atoms with Crippen molar-refractivity contribution in [1.29, 1.82) is 0 Å². The molecule has 3 heterocycles. The zero-order chi connectivity index (χ0) is 28.9. The third-order valence-electron chi connectivity index (χ3n) is 7.49. The molecule has 0 spiro atoms. The van der Waals surface area contributed by atoms with Crippen molar-refractivity contribution in [2.45, 2.75) is 13.8 Å². The first-order chi connectivity index (χ1) is 19.8. The maximum atomic E-state index is 12.1. The average molecular weight is 558 g/mol. The van der Waals surface area contributed by atoms with Crippen molar-refractivity contribution >= 4 is 52.2 Å². The monoisotopic (exact) mass is 557 g/mol. The van der Waals surface area contributed by atoms with Crippen LogP contribution in [0.4, 0.5) is 34.5 Å². The van der Waals surface area contributed by atoms with E-state index in [-0.39, 0.29) is 17.4 Å². The van der Waals surface area contributed by atoms with E-state index in [9.17, 15) is 14.4 Å². The van der Waals surface area contributed by atoms with Crippen LogP contribution >= 0.6 is 0 Å². The molecule has 214 valence electrons. The van der Waals surface area contributed by atoms with E-state index in [2.05, 4.69) is 30.4 Å². The highest BCUT2D eigenvalue weighted by Gasteiger charge is 2.20. The minimum atomic E-state index is -0.631. The lowest BCUT2D eigenvalue weighted by Gasteiger charge is -2.35. The fourth-order valence-electron chi connectivity index (χ4n) is 5.05. The number of rotatable bonds is 7. The Balaban J connectivity index is 1.24. The van der Waals surface area contributed by atoms with E-state index in [0.29, 0.717) is 37.9 Å². The van der Waals surface area contributed by atoms with Gasteiger partial charge in [0.05, 0.1) is 0 Å². The molecule has 2 aromatic carbocycles. The predicted molar refractivity (Wildman–Crippen MR) is 159 cm³/mol. The molecule has 2 aliphatic heterocycles. The second kappa shape index (κ2) is 12.1. The Bertz CT molecular complexity index is 1400. The summed E-state index contributed by atoms with van der Waals surface area (Å²) in [4.78, 5) is 52.3. The number of primary amides is 1. The molecule has 2 fully saturated rings. The highest BCUT2D eigenvalue weighted by Crippen LogP contribution is 2.25. The zero-order valence-corrected chi connectivity index (χ0v) is 23.3. The Labute approximate surface area is 239 Å². The molecule has 0 bridgehead atoms. The van der Waals surface area contributed by atoms with E-state index in [1.807, 2.05) is 58.3 Å². The molecule has 12 nitrogen and oxygen atoms in total. The normalized spacial score (nSPS) is 15.5. The average Bonchev–Trinajstić information content (AvgIpc) is 2.98. The van der Waals surface area contributed by atoms with E-state index in [1.165, 1.54) is 6.20 Å². The SMILES string of the molecule is CC(=O)N1CCN(c2ccc(Nc3ncc(C(N)=O)c(Nc4ccc(N5CCN(C(C)=O)CC5)cc4)n3)cc2)CC1. The van der Waals surface area contributed by atoms with Crippen LogP contribution in [0.5, 0.6) is 0 Å². The van der Waals surface area contributed by atoms with Gasteiger partial charge in [0.15, 0.2) is 0 Å². The second-order valence-corrected chi connectivity index (χ2v) is 10.2.